The van der Waals surface area contributed by atoms with Gasteiger partial charge in [-0.25, -0.2) is 8.78 Å². The van der Waals surface area contributed by atoms with Crippen LogP contribution in [-0.2, 0) is 22.1 Å². The summed E-state index contributed by atoms with van der Waals surface area (Å²) in [5.74, 6) is -0.811. The van der Waals surface area contributed by atoms with Crippen molar-refractivity contribution >= 4 is 5.97 Å². The first-order valence-corrected chi connectivity index (χ1v) is 5.79. The average molecular weight is 307 g/mol. The maximum atomic E-state index is 12.9. The summed E-state index contributed by atoms with van der Waals surface area (Å²) in [6, 6.07) is 2.60. The van der Waals surface area contributed by atoms with Gasteiger partial charge in [-0.15, -0.1) is 0 Å². The number of nitrogens with zero attached hydrogens (tertiary/aromatic N) is 1. The number of benzene rings is 1. The summed E-state index contributed by atoms with van der Waals surface area (Å²) in [5, 5.41) is 8.88. The van der Waals surface area contributed by atoms with Crippen molar-refractivity contribution in [2.24, 2.45) is 0 Å². The molecule has 0 heterocycles. The van der Waals surface area contributed by atoms with Gasteiger partial charge in [0.1, 0.15) is 0 Å². The molecule has 0 N–H and O–H groups in total. The monoisotopic (exact) mass is 307 g/mol. The minimum Gasteiger partial charge on any atom is -0.466 e. The Hall–Kier alpha value is -2.17. The Balaban J connectivity index is 3.41. The van der Waals surface area contributed by atoms with Gasteiger partial charge in [0, 0.05) is 5.56 Å². The highest BCUT2D eigenvalue weighted by molar-refractivity contribution is 5.74. The predicted molar refractivity (Wildman–Crippen MR) is 61.5 cm³/mol. The van der Waals surface area contributed by atoms with Crippen molar-refractivity contribution in [1.29, 1.82) is 5.26 Å². The molecule has 0 aromatic heterocycles. The molecule has 114 valence electrons. The number of hydrogen-bond acceptors (Lipinski definition) is 3. The maximum Gasteiger partial charge on any atom is 0.416 e. The SMILES string of the molecule is CCOC(=O)Cc1ccc(C(F)(F)F)c(C(F)F)c1C#N. The molecule has 0 aliphatic heterocycles. The van der Waals surface area contributed by atoms with Gasteiger partial charge < -0.3 is 4.74 Å². The Labute approximate surface area is 116 Å². The van der Waals surface area contributed by atoms with Gasteiger partial charge in [-0.05, 0) is 18.6 Å². The number of esters is 1. The smallest absolute Gasteiger partial charge is 0.416 e. The highest BCUT2D eigenvalue weighted by Gasteiger charge is 2.38. The van der Waals surface area contributed by atoms with Crippen LogP contribution in [0.25, 0.3) is 0 Å². The third-order valence-corrected chi connectivity index (χ3v) is 2.61. The number of hydrogen-bond donors (Lipinski definition) is 0. The van der Waals surface area contributed by atoms with E-state index in [0.717, 1.165) is 6.07 Å². The van der Waals surface area contributed by atoms with Crippen molar-refractivity contribution in [3.8, 4) is 6.07 Å². The molecule has 0 amide bonds. The van der Waals surface area contributed by atoms with Crippen LogP contribution in [0.15, 0.2) is 12.1 Å². The second-order valence-electron chi connectivity index (χ2n) is 3.95. The third-order valence-electron chi connectivity index (χ3n) is 2.61. The van der Waals surface area contributed by atoms with Crippen LogP contribution in [0.5, 0.6) is 0 Å². The minimum absolute atomic E-state index is 0.0308. The molecule has 1 aromatic carbocycles. The van der Waals surface area contributed by atoms with Gasteiger partial charge in [0.25, 0.3) is 6.43 Å². The number of ether oxygens (including phenoxy) is 1. The van der Waals surface area contributed by atoms with E-state index in [2.05, 4.69) is 4.74 Å². The Kier molecular flexibility index (Phi) is 5.24. The normalized spacial score (nSPS) is 11.3. The van der Waals surface area contributed by atoms with Gasteiger partial charge in [-0.1, -0.05) is 6.07 Å². The van der Waals surface area contributed by atoms with Gasteiger partial charge in [0.05, 0.1) is 30.2 Å². The van der Waals surface area contributed by atoms with E-state index in [1.54, 1.807) is 0 Å². The number of rotatable bonds is 4. The van der Waals surface area contributed by atoms with Crippen molar-refractivity contribution in [2.75, 3.05) is 6.61 Å². The van der Waals surface area contributed by atoms with Gasteiger partial charge in [-0.2, -0.15) is 18.4 Å². The summed E-state index contributed by atoms with van der Waals surface area (Å²) in [6.07, 6.45) is -9.05. The lowest BCUT2D eigenvalue weighted by molar-refractivity contribution is -0.142. The molecule has 0 spiro atoms. The lowest BCUT2D eigenvalue weighted by Gasteiger charge is -2.16. The second-order valence-corrected chi connectivity index (χ2v) is 3.95. The first kappa shape index (κ1) is 16.9. The fourth-order valence-electron chi connectivity index (χ4n) is 1.79. The molecule has 8 heteroatoms. The molecule has 0 unspecified atom stereocenters. The number of carbonyl (C=O) groups is 1. The van der Waals surface area contributed by atoms with Crippen molar-refractivity contribution in [3.05, 3.63) is 34.4 Å². The van der Waals surface area contributed by atoms with Gasteiger partial charge >= 0.3 is 12.1 Å². The fraction of sp³-hybridized carbons (Fsp3) is 0.385. The van der Waals surface area contributed by atoms with E-state index >= 15 is 0 Å². The maximum absolute atomic E-state index is 12.9. The number of carbonyl (C=O) groups excluding carboxylic acids is 1. The molecule has 0 fully saturated rings. The van der Waals surface area contributed by atoms with Crippen molar-refractivity contribution in [2.45, 2.75) is 25.9 Å². The van der Waals surface area contributed by atoms with Crippen LogP contribution in [0.4, 0.5) is 22.0 Å². The molecule has 1 aromatic rings. The lowest BCUT2D eigenvalue weighted by Crippen LogP contribution is -2.15. The molecule has 0 aliphatic carbocycles. The van der Waals surface area contributed by atoms with Crippen LogP contribution in [0, 0.1) is 11.3 Å². The Morgan fingerprint density at radius 2 is 2.00 bits per heavy atom. The molecule has 0 aliphatic rings. The molecule has 0 saturated heterocycles. The van der Waals surface area contributed by atoms with E-state index < -0.39 is 41.7 Å². The van der Waals surface area contributed by atoms with Gasteiger partial charge in [0.15, 0.2) is 0 Å². The quantitative estimate of drug-likeness (QED) is 0.630. The topological polar surface area (TPSA) is 50.1 Å². The molecule has 0 atom stereocenters. The molecule has 3 nitrogen and oxygen atoms in total. The van der Waals surface area contributed by atoms with Crippen LogP contribution in [0.1, 0.15) is 35.6 Å². The van der Waals surface area contributed by atoms with Gasteiger partial charge in [0.2, 0.25) is 0 Å². The minimum atomic E-state index is -5.01. The summed E-state index contributed by atoms with van der Waals surface area (Å²) >= 11 is 0. The second kappa shape index (κ2) is 6.52. The van der Waals surface area contributed by atoms with Crippen molar-refractivity contribution in [3.63, 3.8) is 0 Å². The van der Waals surface area contributed by atoms with Crippen LogP contribution < -0.4 is 0 Å². The molecule has 0 radical (unpaired) electrons. The van der Waals surface area contributed by atoms with E-state index in [1.165, 1.54) is 13.0 Å². The van der Waals surface area contributed by atoms with Crippen LogP contribution in [-0.4, -0.2) is 12.6 Å². The van der Waals surface area contributed by atoms with Gasteiger partial charge in [-0.3, -0.25) is 4.79 Å². The summed E-state index contributed by atoms with van der Waals surface area (Å²) in [5.41, 5.74) is -4.06. The summed E-state index contributed by atoms with van der Waals surface area (Å²) < 4.78 is 68.5. The standard InChI is InChI=1S/C13H10F5NO2/c1-2-21-10(20)5-7-3-4-9(13(16,17)18)11(12(14)15)8(7)6-19/h3-4,12H,2,5H2,1H3. The number of halogens is 5. The van der Waals surface area contributed by atoms with Crippen LogP contribution >= 0.6 is 0 Å². The summed E-state index contributed by atoms with van der Waals surface area (Å²) in [7, 11) is 0. The highest BCUT2D eigenvalue weighted by atomic mass is 19.4. The number of alkyl halides is 5. The third kappa shape index (κ3) is 3.90. The molecule has 0 saturated carbocycles. The zero-order valence-electron chi connectivity index (χ0n) is 10.8. The van der Waals surface area contributed by atoms with E-state index in [4.69, 9.17) is 5.26 Å². The Bertz CT molecular complexity index is 575. The first-order valence-electron chi connectivity index (χ1n) is 5.79. The highest BCUT2D eigenvalue weighted by Crippen LogP contribution is 2.39. The Morgan fingerprint density at radius 3 is 2.43 bits per heavy atom. The van der Waals surface area contributed by atoms with Crippen LogP contribution in [0.2, 0.25) is 0 Å². The predicted octanol–water partition coefficient (Wildman–Crippen LogP) is 3.62. The molecule has 21 heavy (non-hydrogen) atoms. The van der Waals surface area contributed by atoms with E-state index in [9.17, 15) is 26.7 Å². The van der Waals surface area contributed by atoms with E-state index in [0.29, 0.717) is 6.07 Å². The largest absolute Gasteiger partial charge is 0.466 e. The number of nitriles is 1. The first-order chi connectivity index (χ1) is 9.72. The molecule has 0 bridgehead atoms. The zero-order chi connectivity index (χ0) is 16.2. The Morgan fingerprint density at radius 1 is 1.38 bits per heavy atom. The molecular weight excluding hydrogens is 297 g/mol. The van der Waals surface area contributed by atoms with E-state index in [-0.39, 0.29) is 12.2 Å². The molecular formula is C13H10F5NO2. The molecule has 1 rings (SSSR count). The summed E-state index contributed by atoms with van der Waals surface area (Å²) in [6.45, 7) is 1.55. The van der Waals surface area contributed by atoms with Crippen molar-refractivity contribution < 1.29 is 31.5 Å². The van der Waals surface area contributed by atoms with E-state index in [1.807, 2.05) is 0 Å². The average Bonchev–Trinajstić information content (AvgIpc) is 2.36. The fourth-order valence-corrected chi connectivity index (χ4v) is 1.79. The van der Waals surface area contributed by atoms with Crippen molar-refractivity contribution in [1.82, 2.24) is 0 Å². The van der Waals surface area contributed by atoms with Crippen LogP contribution in [0.3, 0.4) is 0 Å². The summed E-state index contributed by atoms with van der Waals surface area (Å²) in [4.78, 5) is 11.3. The lowest BCUT2D eigenvalue weighted by atomic mass is 9.94. The zero-order valence-corrected chi connectivity index (χ0v) is 10.8.